The number of anilines is 1. The van der Waals surface area contributed by atoms with Crippen molar-refractivity contribution in [3.8, 4) is 22.1 Å². The van der Waals surface area contributed by atoms with E-state index in [0.717, 1.165) is 10.6 Å². The summed E-state index contributed by atoms with van der Waals surface area (Å²) in [5.74, 6) is 0.321. The van der Waals surface area contributed by atoms with Gasteiger partial charge in [0.1, 0.15) is 5.01 Å². The van der Waals surface area contributed by atoms with Crippen molar-refractivity contribution in [3.63, 3.8) is 0 Å². The van der Waals surface area contributed by atoms with Crippen LogP contribution in [0.5, 0.6) is 11.5 Å². The van der Waals surface area contributed by atoms with Gasteiger partial charge >= 0.3 is 5.97 Å². The van der Waals surface area contributed by atoms with Crippen molar-refractivity contribution in [1.29, 1.82) is 0 Å². The molecule has 0 unspecified atom stereocenters. The maximum absolute atomic E-state index is 12.0. The van der Waals surface area contributed by atoms with Gasteiger partial charge in [-0.3, -0.25) is 9.59 Å². The van der Waals surface area contributed by atoms with Crippen molar-refractivity contribution in [2.45, 2.75) is 6.42 Å². The van der Waals surface area contributed by atoms with Gasteiger partial charge in [0, 0.05) is 16.6 Å². The second-order valence-corrected chi connectivity index (χ2v) is 6.82. The Bertz CT molecular complexity index is 988. The van der Waals surface area contributed by atoms with Crippen LogP contribution in [0.25, 0.3) is 10.6 Å². The number of hydrogen-bond acceptors (Lipinski definition) is 7. The number of methoxy groups -OCH3 is 2. The SMILES string of the molecule is COc1ccc(-c2nc(CC(=O)OCC(=O)Nc3ccccc3)cs2)cc1OC. The third-order valence-electron chi connectivity index (χ3n) is 3.93. The van der Waals surface area contributed by atoms with Crippen LogP contribution in [0.4, 0.5) is 5.69 Å². The predicted octanol–water partition coefficient (Wildman–Crippen LogP) is 3.55. The summed E-state index contributed by atoms with van der Waals surface area (Å²) in [6.45, 7) is -0.347. The van der Waals surface area contributed by atoms with Crippen molar-refractivity contribution in [2.24, 2.45) is 0 Å². The Morgan fingerprint density at radius 1 is 1.03 bits per heavy atom. The summed E-state index contributed by atoms with van der Waals surface area (Å²) >= 11 is 1.41. The first kappa shape index (κ1) is 20.3. The van der Waals surface area contributed by atoms with Crippen LogP contribution >= 0.6 is 11.3 Å². The number of thiazole rings is 1. The fraction of sp³-hybridized carbons (Fsp3) is 0.190. The van der Waals surface area contributed by atoms with Crippen LogP contribution < -0.4 is 14.8 Å². The van der Waals surface area contributed by atoms with Gasteiger partial charge in [-0.15, -0.1) is 11.3 Å². The second-order valence-electron chi connectivity index (χ2n) is 5.97. The molecule has 150 valence electrons. The number of amides is 1. The number of carbonyl (C=O) groups is 2. The molecule has 1 aromatic heterocycles. The maximum Gasteiger partial charge on any atom is 0.312 e. The Morgan fingerprint density at radius 3 is 2.52 bits per heavy atom. The molecule has 3 aromatic rings. The van der Waals surface area contributed by atoms with E-state index in [1.807, 2.05) is 18.2 Å². The largest absolute Gasteiger partial charge is 0.493 e. The quantitative estimate of drug-likeness (QED) is 0.570. The molecule has 0 aliphatic heterocycles. The lowest BCUT2D eigenvalue weighted by Crippen LogP contribution is -2.21. The molecule has 0 bridgehead atoms. The van der Waals surface area contributed by atoms with E-state index in [-0.39, 0.29) is 13.0 Å². The van der Waals surface area contributed by atoms with E-state index >= 15 is 0 Å². The molecule has 0 saturated carbocycles. The zero-order valence-electron chi connectivity index (χ0n) is 16.0. The lowest BCUT2D eigenvalue weighted by atomic mass is 10.2. The Labute approximate surface area is 172 Å². The molecule has 0 aliphatic rings. The van der Waals surface area contributed by atoms with Crippen LogP contribution in [-0.4, -0.2) is 37.7 Å². The van der Waals surface area contributed by atoms with Crippen LogP contribution in [0.2, 0.25) is 0 Å². The van der Waals surface area contributed by atoms with E-state index in [2.05, 4.69) is 10.3 Å². The molecule has 8 heteroatoms. The van der Waals surface area contributed by atoms with Crippen molar-refractivity contribution < 1.29 is 23.8 Å². The number of rotatable bonds is 8. The molecule has 0 fully saturated rings. The van der Waals surface area contributed by atoms with Crippen LogP contribution in [0.15, 0.2) is 53.9 Å². The van der Waals surface area contributed by atoms with E-state index in [0.29, 0.717) is 22.9 Å². The molecule has 1 N–H and O–H groups in total. The molecular weight excluding hydrogens is 392 g/mol. The lowest BCUT2D eigenvalue weighted by molar-refractivity contribution is -0.146. The zero-order chi connectivity index (χ0) is 20.6. The minimum Gasteiger partial charge on any atom is -0.493 e. The summed E-state index contributed by atoms with van der Waals surface area (Å²) in [5, 5.41) is 5.19. The summed E-state index contributed by atoms with van der Waals surface area (Å²) in [4.78, 5) is 28.3. The van der Waals surface area contributed by atoms with Gasteiger partial charge in [0.25, 0.3) is 5.91 Å². The van der Waals surface area contributed by atoms with E-state index in [1.54, 1.807) is 49.9 Å². The molecule has 0 aliphatic carbocycles. The average Bonchev–Trinajstić information content (AvgIpc) is 3.21. The molecule has 3 rings (SSSR count). The van der Waals surface area contributed by atoms with Gasteiger partial charge in [0.15, 0.2) is 18.1 Å². The van der Waals surface area contributed by atoms with Crippen LogP contribution in [-0.2, 0) is 20.7 Å². The third-order valence-corrected chi connectivity index (χ3v) is 4.87. The number of nitrogens with one attached hydrogen (secondary N) is 1. The van der Waals surface area contributed by atoms with Crippen molar-refractivity contribution >= 4 is 28.9 Å². The predicted molar refractivity (Wildman–Crippen MR) is 110 cm³/mol. The molecular formula is C21H20N2O5S. The first-order valence-corrected chi connectivity index (χ1v) is 9.64. The Balaban J connectivity index is 1.54. The van der Waals surface area contributed by atoms with E-state index in [9.17, 15) is 9.59 Å². The Hall–Kier alpha value is -3.39. The van der Waals surface area contributed by atoms with Crippen LogP contribution in [0.1, 0.15) is 5.69 Å². The molecule has 0 atom stereocenters. The third kappa shape index (κ3) is 5.55. The Morgan fingerprint density at radius 2 is 1.79 bits per heavy atom. The standard InChI is InChI=1S/C21H20N2O5S/c1-26-17-9-8-14(10-18(17)27-2)21-23-16(13-29-21)11-20(25)28-12-19(24)22-15-6-4-3-5-7-15/h3-10,13H,11-12H2,1-2H3,(H,22,24). The van der Waals surface area contributed by atoms with Gasteiger partial charge < -0.3 is 19.5 Å². The summed E-state index contributed by atoms with van der Waals surface area (Å²) < 4.78 is 15.6. The number of nitrogens with zero attached hydrogens (tertiary/aromatic N) is 1. The number of esters is 1. The van der Waals surface area contributed by atoms with Crippen LogP contribution in [0.3, 0.4) is 0 Å². The maximum atomic E-state index is 12.0. The topological polar surface area (TPSA) is 86.8 Å². The minimum absolute atomic E-state index is 0.0115. The summed E-state index contributed by atoms with van der Waals surface area (Å²) in [6.07, 6.45) is -0.0115. The molecule has 2 aromatic carbocycles. The fourth-order valence-electron chi connectivity index (χ4n) is 2.55. The highest BCUT2D eigenvalue weighted by Crippen LogP contribution is 2.33. The fourth-order valence-corrected chi connectivity index (χ4v) is 3.37. The van der Waals surface area contributed by atoms with Crippen LogP contribution in [0, 0.1) is 0 Å². The zero-order valence-corrected chi connectivity index (χ0v) is 16.8. The van der Waals surface area contributed by atoms with Gasteiger partial charge in [-0.25, -0.2) is 4.98 Å². The Kier molecular flexibility index (Phi) is 6.80. The molecule has 1 amide bonds. The first-order chi connectivity index (χ1) is 14.1. The smallest absolute Gasteiger partial charge is 0.312 e. The number of hydrogen-bond donors (Lipinski definition) is 1. The normalized spacial score (nSPS) is 10.3. The average molecular weight is 412 g/mol. The summed E-state index contributed by atoms with van der Waals surface area (Å²) in [6, 6.07) is 14.5. The number of ether oxygens (including phenoxy) is 3. The summed E-state index contributed by atoms with van der Waals surface area (Å²) in [5.41, 5.74) is 2.08. The molecule has 0 radical (unpaired) electrons. The van der Waals surface area contributed by atoms with Crippen molar-refractivity contribution in [3.05, 3.63) is 59.6 Å². The van der Waals surface area contributed by atoms with Gasteiger partial charge in [0.2, 0.25) is 0 Å². The lowest BCUT2D eigenvalue weighted by Gasteiger charge is -2.08. The highest BCUT2D eigenvalue weighted by Gasteiger charge is 2.13. The molecule has 0 saturated heterocycles. The highest BCUT2D eigenvalue weighted by molar-refractivity contribution is 7.13. The van der Waals surface area contributed by atoms with E-state index in [1.165, 1.54) is 11.3 Å². The van der Waals surface area contributed by atoms with Gasteiger partial charge in [-0.1, -0.05) is 18.2 Å². The number of carbonyl (C=O) groups excluding carboxylic acids is 2. The van der Waals surface area contributed by atoms with Crippen molar-refractivity contribution in [2.75, 3.05) is 26.1 Å². The van der Waals surface area contributed by atoms with Gasteiger partial charge in [0.05, 0.1) is 26.3 Å². The minimum atomic E-state index is -0.516. The van der Waals surface area contributed by atoms with E-state index in [4.69, 9.17) is 14.2 Å². The highest BCUT2D eigenvalue weighted by atomic mass is 32.1. The number of aromatic nitrogens is 1. The monoisotopic (exact) mass is 412 g/mol. The second kappa shape index (κ2) is 9.70. The van der Waals surface area contributed by atoms with E-state index < -0.39 is 11.9 Å². The number of benzene rings is 2. The number of para-hydroxylation sites is 1. The van der Waals surface area contributed by atoms with Gasteiger partial charge in [-0.05, 0) is 30.3 Å². The summed E-state index contributed by atoms with van der Waals surface area (Å²) in [7, 11) is 3.14. The molecule has 1 heterocycles. The molecule has 7 nitrogen and oxygen atoms in total. The first-order valence-electron chi connectivity index (χ1n) is 8.76. The molecule has 29 heavy (non-hydrogen) atoms. The van der Waals surface area contributed by atoms with Crippen molar-refractivity contribution in [1.82, 2.24) is 4.98 Å². The molecule has 0 spiro atoms. The van der Waals surface area contributed by atoms with Gasteiger partial charge in [-0.2, -0.15) is 0 Å².